The average molecular weight is 371 g/mol. The smallest absolute Gasteiger partial charge is 0.339 e. The Balaban J connectivity index is 2.18. The lowest BCUT2D eigenvalue weighted by molar-refractivity contribution is -0.148. The summed E-state index contributed by atoms with van der Waals surface area (Å²) in [5, 5.41) is 0. The molecule has 27 heavy (non-hydrogen) atoms. The van der Waals surface area contributed by atoms with Crippen molar-refractivity contribution in [1.82, 2.24) is 4.98 Å². The fraction of sp³-hybridized carbons (Fsp3) is 0.381. The molecule has 6 nitrogen and oxygen atoms in total. The van der Waals surface area contributed by atoms with E-state index in [-0.39, 0.29) is 11.5 Å². The standard InChI is InChI=1S/C21H25NO5/c1-6-16(15-10-8-7-9-11-15)20(24)27-14(4)19(23)18-12(2)17(13(3)22-18)21(25)26-5/h7-11,14,16,22H,6H2,1-5H3/t14-,16+/m0/s1. The van der Waals surface area contributed by atoms with Crippen molar-refractivity contribution in [1.29, 1.82) is 0 Å². The van der Waals surface area contributed by atoms with Crippen LogP contribution in [-0.2, 0) is 14.3 Å². The van der Waals surface area contributed by atoms with Gasteiger partial charge in [0.25, 0.3) is 0 Å². The Morgan fingerprint density at radius 1 is 1.11 bits per heavy atom. The minimum absolute atomic E-state index is 0.251. The lowest BCUT2D eigenvalue weighted by Gasteiger charge is -2.18. The van der Waals surface area contributed by atoms with Gasteiger partial charge in [-0.3, -0.25) is 9.59 Å². The highest BCUT2D eigenvalue weighted by molar-refractivity contribution is 6.04. The highest BCUT2D eigenvalue weighted by atomic mass is 16.5. The molecule has 6 heteroatoms. The van der Waals surface area contributed by atoms with E-state index in [1.165, 1.54) is 14.0 Å². The van der Waals surface area contributed by atoms with Gasteiger partial charge in [-0.05, 0) is 38.3 Å². The molecule has 144 valence electrons. The van der Waals surface area contributed by atoms with Crippen molar-refractivity contribution in [3.63, 3.8) is 0 Å². The lowest BCUT2D eigenvalue weighted by atomic mass is 9.96. The maximum Gasteiger partial charge on any atom is 0.339 e. The van der Waals surface area contributed by atoms with Crippen molar-refractivity contribution in [2.24, 2.45) is 0 Å². The Labute approximate surface area is 158 Å². The van der Waals surface area contributed by atoms with Crippen molar-refractivity contribution >= 4 is 17.7 Å². The second kappa shape index (κ2) is 8.66. The molecule has 0 amide bonds. The number of aryl methyl sites for hydroxylation is 1. The number of Topliss-reactive ketones (excluding diaryl/α,β-unsaturated/α-hetero) is 1. The first-order valence-corrected chi connectivity index (χ1v) is 8.88. The number of nitrogens with one attached hydrogen (secondary N) is 1. The molecule has 0 radical (unpaired) electrons. The summed E-state index contributed by atoms with van der Waals surface area (Å²) in [7, 11) is 1.29. The Morgan fingerprint density at radius 3 is 2.30 bits per heavy atom. The van der Waals surface area contributed by atoms with E-state index in [0.717, 1.165) is 5.56 Å². The van der Waals surface area contributed by atoms with Crippen LogP contribution in [0.5, 0.6) is 0 Å². The molecule has 1 aromatic carbocycles. The molecule has 2 rings (SSSR count). The van der Waals surface area contributed by atoms with Gasteiger partial charge in [0, 0.05) is 5.69 Å². The second-order valence-corrected chi connectivity index (χ2v) is 6.43. The SMILES string of the molecule is CC[C@@H](C(=O)O[C@@H](C)C(=O)c1[nH]c(C)c(C(=O)OC)c1C)c1ccccc1. The van der Waals surface area contributed by atoms with Gasteiger partial charge in [-0.1, -0.05) is 37.3 Å². The molecule has 2 atom stereocenters. The zero-order valence-electron chi connectivity index (χ0n) is 16.3. The molecule has 0 fully saturated rings. The minimum Gasteiger partial charge on any atom is -0.465 e. The molecule has 1 heterocycles. The van der Waals surface area contributed by atoms with Crippen LogP contribution in [0.25, 0.3) is 0 Å². The number of hydrogen-bond acceptors (Lipinski definition) is 5. The number of ether oxygens (including phenoxy) is 2. The third-order valence-corrected chi connectivity index (χ3v) is 4.63. The molecule has 0 spiro atoms. The molecule has 1 aromatic heterocycles. The van der Waals surface area contributed by atoms with Crippen molar-refractivity contribution < 1.29 is 23.9 Å². The number of benzene rings is 1. The number of carbonyl (C=O) groups is 3. The number of aromatic nitrogens is 1. The third-order valence-electron chi connectivity index (χ3n) is 4.63. The largest absolute Gasteiger partial charge is 0.465 e. The van der Waals surface area contributed by atoms with Crippen LogP contribution >= 0.6 is 0 Å². The van der Waals surface area contributed by atoms with Gasteiger partial charge in [-0.15, -0.1) is 0 Å². The monoisotopic (exact) mass is 371 g/mol. The Hall–Kier alpha value is -2.89. The minimum atomic E-state index is -0.975. The van der Waals surface area contributed by atoms with Crippen LogP contribution in [0.15, 0.2) is 30.3 Å². The first-order valence-electron chi connectivity index (χ1n) is 8.88. The maximum absolute atomic E-state index is 12.8. The summed E-state index contributed by atoms with van der Waals surface area (Å²) < 4.78 is 10.2. The number of ketones is 1. The van der Waals surface area contributed by atoms with Crippen molar-refractivity contribution in [3.05, 3.63) is 58.4 Å². The van der Waals surface area contributed by atoms with E-state index in [1.807, 2.05) is 37.3 Å². The molecule has 0 saturated heterocycles. The molecule has 1 N–H and O–H groups in total. The molecule has 0 aliphatic carbocycles. The van der Waals surface area contributed by atoms with Crippen LogP contribution in [0.1, 0.15) is 63.9 Å². The molecular formula is C21H25NO5. The van der Waals surface area contributed by atoms with Gasteiger partial charge >= 0.3 is 11.9 Å². The van der Waals surface area contributed by atoms with Gasteiger partial charge in [0.1, 0.15) is 0 Å². The van der Waals surface area contributed by atoms with Crippen molar-refractivity contribution in [3.8, 4) is 0 Å². The van der Waals surface area contributed by atoms with E-state index >= 15 is 0 Å². The predicted molar refractivity (Wildman–Crippen MR) is 101 cm³/mol. The van der Waals surface area contributed by atoms with Gasteiger partial charge < -0.3 is 14.5 Å². The van der Waals surface area contributed by atoms with Gasteiger partial charge in [0.2, 0.25) is 5.78 Å². The van der Waals surface area contributed by atoms with E-state index in [9.17, 15) is 14.4 Å². The zero-order chi connectivity index (χ0) is 20.1. The van der Waals surface area contributed by atoms with Gasteiger partial charge in [0.15, 0.2) is 6.10 Å². The van der Waals surface area contributed by atoms with E-state index in [1.54, 1.807) is 13.8 Å². The van der Waals surface area contributed by atoms with Gasteiger partial charge in [-0.2, -0.15) is 0 Å². The van der Waals surface area contributed by atoms with Crippen LogP contribution in [0.4, 0.5) is 0 Å². The molecule has 2 aromatic rings. The Morgan fingerprint density at radius 2 is 1.74 bits per heavy atom. The number of hydrogen-bond donors (Lipinski definition) is 1. The number of aromatic amines is 1. The van der Waals surface area contributed by atoms with E-state index in [2.05, 4.69) is 4.98 Å². The fourth-order valence-electron chi connectivity index (χ4n) is 3.14. The number of esters is 2. The summed E-state index contributed by atoms with van der Waals surface area (Å²) in [6.45, 7) is 6.78. The van der Waals surface area contributed by atoms with E-state index < -0.39 is 24.0 Å². The summed E-state index contributed by atoms with van der Waals surface area (Å²) in [5.74, 6) is -1.78. The normalized spacial score (nSPS) is 12.9. The Bertz CT molecular complexity index is 838. The summed E-state index contributed by atoms with van der Waals surface area (Å²) in [6, 6.07) is 9.33. The molecule has 0 unspecified atom stereocenters. The van der Waals surface area contributed by atoms with Crippen LogP contribution < -0.4 is 0 Å². The maximum atomic E-state index is 12.8. The summed E-state index contributed by atoms with van der Waals surface area (Å²) in [4.78, 5) is 40.1. The first-order chi connectivity index (χ1) is 12.8. The highest BCUT2D eigenvalue weighted by Gasteiger charge is 2.29. The molecular weight excluding hydrogens is 346 g/mol. The van der Waals surface area contributed by atoms with Crippen LogP contribution in [0.3, 0.4) is 0 Å². The third kappa shape index (κ3) is 4.27. The fourth-order valence-corrected chi connectivity index (χ4v) is 3.14. The number of rotatable bonds is 7. The first kappa shape index (κ1) is 20.4. The van der Waals surface area contributed by atoms with Crippen LogP contribution in [0.2, 0.25) is 0 Å². The van der Waals surface area contributed by atoms with E-state index in [4.69, 9.17) is 9.47 Å². The topological polar surface area (TPSA) is 85.5 Å². The summed E-state index contributed by atoms with van der Waals surface area (Å²) >= 11 is 0. The summed E-state index contributed by atoms with van der Waals surface area (Å²) in [5.41, 5.74) is 2.46. The van der Waals surface area contributed by atoms with Crippen LogP contribution in [-0.4, -0.2) is 35.9 Å². The highest BCUT2D eigenvalue weighted by Crippen LogP contribution is 2.24. The Kier molecular flexibility index (Phi) is 6.55. The summed E-state index contributed by atoms with van der Waals surface area (Å²) in [6.07, 6.45) is -0.408. The number of methoxy groups -OCH3 is 1. The molecule has 0 bridgehead atoms. The van der Waals surface area contributed by atoms with Gasteiger partial charge in [-0.25, -0.2) is 4.79 Å². The second-order valence-electron chi connectivity index (χ2n) is 6.43. The van der Waals surface area contributed by atoms with Crippen molar-refractivity contribution in [2.45, 2.75) is 46.1 Å². The van der Waals surface area contributed by atoms with Crippen LogP contribution in [0, 0.1) is 13.8 Å². The van der Waals surface area contributed by atoms with Gasteiger partial charge in [0.05, 0.1) is 24.3 Å². The molecule has 0 aliphatic heterocycles. The average Bonchev–Trinajstić information content (AvgIpc) is 2.96. The molecule has 0 saturated carbocycles. The number of carbonyl (C=O) groups excluding carboxylic acids is 3. The molecule has 0 aliphatic rings. The lowest BCUT2D eigenvalue weighted by Crippen LogP contribution is -2.28. The predicted octanol–water partition coefficient (Wildman–Crippen LogP) is 3.73. The zero-order valence-corrected chi connectivity index (χ0v) is 16.3. The van der Waals surface area contributed by atoms with Crippen molar-refractivity contribution in [2.75, 3.05) is 7.11 Å². The quantitative estimate of drug-likeness (QED) is 0.592. The number of H-pyrrole nitrogens is 1. The van der Waals surface area contributed by atoms with E-state index in [0.29, 0.717) is 23.2 Å².